The molecule has 0 rings (SSSR count). The number of unbranched alkanes of at least 4 members (excludes halogenated alkanes) is 24. The van der Waals surface area contributed by atoms with Crippen molar-refractivity contribution in [2.24, 2.45) is 0 Å². The molecule has 0 N–H and O–H groups in total. The maximum Gasteiger partial charge on any atom is 0.292 e. The van der Waals surface area contributed by atoms with Gasteiger partial charge in [0.05, 0.1) is 0 Å². The van der Waals surface area contributed by atoms with Crippen molar-refractivity contribution in [3.05, 3.63) is 0 Å². The highest BCUT2D eigenvalue weighted by molar-refractivity contribution is 6.75. The van der Waals surface area contributed by atoms with Crippen molar-refractivity contribution < 1.29 is 9.22 Å². The zero-order valence-corrected chi connectivity index (χ0v) is 27.7. The van der Waals surface area contributed by atoms with Gasteiger partial charge >= 0.3 is 0 Å². The summed E-state index contributed by atoms with van der Waals surface area (Å²) in [4.78, 5) is 12.1. The van der Waals surface area contributed by atoms with Gasteiger partial charge < -0.3 is 4.43 Å². The molecule has 0 atom stereocenters. The van der Waals surface area contributed by atoms with Gasteiger partial charge in [0.15, 0.2) is 0 Å². The Morgan fingerprint density at radius 1 is 0.486 bits per heavy atom. The van der Waals surface area contributed by atoms with E-state index in [4.69, 9.17) is 4.43 Å². The van der Waals surface area contributed by atoms with E-state index in [2.05, 4.69) is 40.8 Å². The molecule has 0 aromatic rings. The minimum absolute atomic E-state index is 0.0284. The van der Waals surface area contributed by atoms with Gasteiger partial charge in [-0.1, -0.05) is 182 Å². The number of rotatable bonds is 27. The zero-order chi connectivity index (χ0) is 27.7. The molecule has 2 nitrogen and oxygen atoms in total. The van der Waals surface area contributed by atoms with Crippen LogP contribution in [0.15, 0.2) is 0 Å². The fourth-order valence-corrected chi connectivity index (χ4v) is 5.87. The lowest BCUT2D eigenvalue weighted by Gasteiger charge is -2.35. The predicted molar refractivity (Wildman–Crippen MR) is 169 cm³/mol. The largest absolute Gasteiger partial charge is 0.519 e. The fraction of sp³-hybridized carbons (Fsp3) is 0.971. The van der Waals surface area contributed by atoms with Crippen LogP contribution in [0.25, 0.3) is 0 Å². The molecule has 0 aliphatic rings. The molecule has 0 spiro atoms. The minimum Gasteiger partial charge on any atom is -0.519 e. The van der Waals surface area contributed by atoms with E-state index in [1.807, 2.05) is 0 Å². The smallest absolute Gasteiger partial charge is 0.292 e. The molecule has 3 heteroatoms. The Bertz CT molecular complexity index is 495. The van der Waals surface area contributed by atoms with Gasteiger partial charge in [0.1, 0.15) is 0 Å². The third-order valence-electron chi connectivity index (χ3n) is 8.66. The van der Waals surface area contributed by atoms with Crippen LogP contribution >= 0.6 is 0 Å². The van der Waals surface area contributed by atoms with Crippen molar-refractivity contribution in [3.8, 4) is 0 Å². The average molecular weight is 539 g/mol. The Hall–Kier alpha value is -0.313. The highest BCUT2D eigenvalue weighted by Gasteiger charge is 2.40. The maximum absolute atomic E-state index is 12.1. The molecule has 222 valence electrons. The summed E-state index contributed by atoms with van der Waals surface area (Å²) in [5.41, 5.74) is 0. The van der Waals surface area contributed by atoms with Crippen molar-refractivity contribution in [3.63, 3.8) is 0 Å². The van der Waals surface area contributed by atoms with Crippen LogP contribution in [-0.4, -0.2) is 14.3 Å². The van der Waals surface area contributed by atoms with Crippen LogP contribution in [0.2, 0.25) is 18.1 Å². The molecule has 0 unspecified atom stereocenters. The number of carbonyl (C=O) groups is 1. The first-order valence-electron chi connectivity index (χ1n) is 16.9. The lowest BCUT2D eigenvalue weighted by molar-refractivity contribution is -0.135. The maximum atomic E-state index is 12.1. The van der Waals surface area contributed by atoms with E-state index in [9.17, 15) is 4.79 Å². The van der Waals surface area contributed by atoms with E-state index in [1.54, 1.807) is 0 Å². The molecule has 0 saturated carbocycles. The summed E-state index contributed by atoms with van der Waals surface area (Å²) in [6.45, 7) is 13.2. The van der Waals surface area contributed by atoms with Gasteiger partial charge in [0.25, 0.3) is 14.3 Å². The minimum atomic E-state index is -1.94. The monoisotopic (exact) mass is 539 g/mol. The molecule has 0 aliphatic carbocycles. The number of hydrogen-bond donors (Lipinski definition) is 0. The zero-order valence-electron chi connectivity index (χ0n) is 26.7. The Morgan fingerprint density at radius 3 is 0.973 bits per heavy atom. The molecule has 0 amide bonds. The van der Waals surface area contributed by atoms with E-state index < -0.39 is 8.32 Å². The number of carbonyl (C=O) groups excluding carboxylic acids is 1. The van der Waals surface area contributed by atoms with Gasteiger partial charge in [-0.3, -0.25) is 4.79 Å². The van der Waals surface area contributed by atoms with Crippen LogP contribution in [0.4, 0.5) is 0 Å². The molecule has 0 aromatic heterocycles. The predicted octanol–water partition coefficient (Wildman–Crippen LogP) is 12.7. The van der Waals surface area contributed by atoms with E-state index in [0.29, 0.717) is 6.42 Å². The van der Waals surface area contributed by atoms with E-state index >= 15 is 0 Å². The quantitative estimate of drug-likeness (QED) is 0.0767. The van der Waals surface area contributed by atoms with E-state index in [-0.39, 0.29) is 11.0 Å². The normalized spacial score (nSPS) is 12.3. The molecule has 0 saturated heterocycles. The molecule has 0 radical (unpaired) electrons. The SMILES string of the molecule is CCCCCCCCCCCCCCCCCCCCCCCCCCCC(=O)O[Si](C)(C)C(C)(C)C. The summed E-state index contributed by atoms with van der Waals surface area (Å²) in [7, 11) is -1.94. The molecule has 0 aliphatic heterocycles. The lowest BCUT2D eigenvalue weighted by atomic mass is 10.0. The van der Waals surface area contributed by atoms with E-state index in [1.165, 1.54) is 154 Å². The summed E-state index contributed by atoms with van der Waals surface area (Å²) in [6, 6.07) is 0. The Labute approximate surface area is 236 Å². The molecule has 0 fully saturated rings. The molecular weight excluding hydrogens is 468 g/mol. The van der Waals surface area contributed by atoms with Crippen molar-refractivity contribution in [1.82, 2.24) is 0 Å². The van der Waals surface area contributed by atoms with Crippen LogP contribution in [0, 0.1) is 0 Å². The van der Waals surface area contributed by atoms with Crippen LogP contribution < -0.4 is 0 Å². The summed E-state index contributed by atoms with van der Waals surface area (Å²) in [5, 5.41) is 0.106. The second-order valence-corrected chi connectivity index (χ2v) is 18.2. The average Bonchev–Trinajstić information content (AvgIpc) is 2.83. The molecule has 37 heavy (non-hydrogen) atoms. The highest BCUT2D eigenvalue weighted by atomic mass is 28.4. The van der Waals surface area contributed by atoms with Crippen molar-refractivity contribution >= 4 is 14.3 Å². The summed E-state index contributed by atoms with van der Waals surface area (Å²) >= 11 is 0. The first kappa shape index (κ1) is 36.7. The van der Waals surface area contributed by atoms with Gasteiger partial charge in [-0.05, 0) is 24.6 Å². The Kier molecular flexibility index (Phi) is 24.5. The standard InChI is InChI=1S/C34H70O2Si/c1-7-8-9-10-11-12-13-14-15-16-17-18-19-20-21-22-23-24-25-26-27-28-29-30-31-32-33(35)36-37(5,6)34(2,3)4/h7-32H2,1-6H3. The van der Waals surface area contributed by atoms with Crippen molar-refractivity contribution in [2.45, 2.75) is 213 Å². The van der Waals surface area contributed by atoms with Crippen molar-refractivity contribution in [1.29, 1.82) is 0 Å². The summed E-state index contributed by atoms with van der Waals surface area (Å²) in [5.74, 6) is 0.0284. The molecule has 0 aromatic carbocycles. The van der Waals surface area contributed by atoms with Gasteiger partial charge in [0.2, 0.25) is 0 Å². The van der Waals surface area contributed by atoms with Crippen LogP contribution in [0.5, 0.6) is 0 Å². The lowest BCUT2D eigenvalue weighted by Crippen LogP contribution is -2.42. The Balaban J connectivity index is 3.22. The summed E-state index contributed by atoms with van der Waals surface area (Å²) < 4.78 is 5.86. The second kappa shape index (κ2) is 24.7. The molecular formula is C34H70O2Si. The first-order valence-corrected chi connectivity index (χ1v) is 19.8. The highest BCUT2D eigenvalue weighted by Crippen LogP contribution is 2.36. The Morgan fingerprint density at radius 2 is 0.730 bits per heavy atom. The van der Waals surface area contributed by atoms with Gasteiger partial charge in [-0.25, -0.2) is 0 Å². The molecule has 0 bridgehead atoms. The van der Waals surface area contributed by atoms with Crippen LogP contribution in [0.1, 0.15) is 195 Å². The van der Waals surface area contributed by atoms with Gasteiger partial charge in [-0.15, -0.1) is 0 Å². The first-order chi connectivity index (χ1) is 17.7. The van der Waals surface area contributed by atoms with Gasteiger partial charge in [0, 0.05) is 6.42 Å². The van der Waals surface area contributed by atoms with Crippen LogP contribution in [-0.2, 0) is 9.22 Å². The third-order valence-corrected chi connectivity index (χ3v) is 13.0. The van der Waals surface area contributed by atoms with Gasteiger partial charge in [-0.2, -0.15) is 0 Å². The number of hydrogen-bond acceptors (Lipinski definition) is 2. The third kappa shape index (κ3) is 24.5. The molecule has 0 heterocycles. The van der Waals surface area contributed by atoms with Crippen molar-refractivity contribution in [2.75, 3.05) is 0 Å². The topological polar surface area (TPSA) is 26.3 Å². The van der Waals surface area contributed by atoms with E-state index in [0.717, 1.165) is 6.42 Å². The fourth-order valence-electron chi connectivity index (χ4n) is 4.90. The second-order valence-electron chi connectivity index (χ2n) is 13.5. The van der Waals surface area contributed by atoms with Crippen LogP contribution in [0.3, 0.4) is 0 Å². The summed E-state index contributed by atoms with van der Waals surface area (Å²) in [6.07, 6.45) is 35.7.